The Morgan fingerprint density at radius 3 is 2.67 bits per heavy atom. The molecule has 1 atom stereocenters. The van der Waals surface area contributed by atoms with Crippen molar-refractivity contribution >= 4 is 5.91 Å². The summed E-state index contributed by atoms with van der Waals surface area (Å²) < 4.78 is 11.1. The van der Waals surface area contributed by atoms with Crippen molar-refractivity contribution in [1.29, 1.82) is 0 Å². The van der Waals surface area contributed by atoms with Crippen molar-refractivity contribution in [3.05, 3.63) is 23.8 Å². The number of ether oxygens (including phenoxy) is 2. The molecule has 21 heavy (non-hydrogen) atoms. The molecule has 1 amide bonds. The first-order valence-corrected chi connectivity index (χ1v) is 7.43. The van der Waals surface area contributed by atoms with Gasteiger partial charge in [0.15, 0.2) is 11.5 Å². The van der Waals surface area contributed by atoms with Crippen LogP contribution in [-0.4, -0.2) is 43.2 Å². The first-order chi connectivity index (χ1) is 9.98. The molecule has 0 radical (unpaired) electrons. The molecule has 114 valence electrons. The summed E-state index contributed by atoms with van der Waals surface area (Å²) in [5.74, 6) is 1.58. The molecule has 0 spiro atoms. The molecule has 1 saturated heterocycles. The Morgan fingerprint density at radius 2 is 2.00 bits per heavy atom. The molecular formula is C16H22N2O3. The normalized spacial score (nSPS) is 21.5. The molecule has 0 saturated carbocycles. The predicted octanol–water partition coefficient (Wildman–Crippen LogP) is 1.29. The Hall–Kier alpha value is -1.75. The molecule has 5 heteroatoms. The number of likely N-dealkylation sites (tertiary alicyclic amines) is 1. The van der Waals surface area contributed by atoms with Crippen LogP contribution in [0.3, 0.4) is 0 Å². The van der Waals surface area contributed by atoms with Gasteiger partial charge in [0, 0.05) is 19.1 Å². The number of nitrogens with zero attached hydrogens (tertiary/aromatic N) is 1. The number of fused-ring (bicyclic) bond motifs is 1. The van der Waals surface area contributed by atoms with Gasteiger partial charge in [0.1, 0.15) is 13.2 Å². The maximum absolute atomic E-state index is 12.8. The third kappa shape index (κ3) is 2.58. The van der Waals surface area contributed by atoms with E-state index in [1.165, 1.54) is 0 Å². The minimum Gasteiger partial charge on any atom is -0.486 e. The molecule has 0 aliphatic carbocycles. The lowest BCUT2D eigenvalue weighted by Crippen LogP contribution is -2.43. The van der Waals surface area contributed by atoms with Crippen molar-refractivity contribution in [3.8, 4) is 11.5 Å². The second-order valence-corrected chi connectivity index (χ2v) is 6.28. The maximum atomic E-state index is 12.8. The molecule has 3 rings (SSSR count). The zero-order valence-electron chi connectivity index (χ0n) is 12.6. The highest BCUT2D eigenvalue weighted by molar-refractivity contribution is 5.88. The highest BCUT2D eigenvalue weighted by Gasteiger charge is 2.37. The Balaban J connectivity index is 1.85. The summed E-state index contributed by atoms with van der Waals surface area (Å²) >= 11 is 0. The van der Waals surface area contributed by atoms with Crippen LogP contribution in [0.5, 0.6) is 11.5 Å². The standard InChI is InChI=1S/C16H22N2O3/c1-16(2,15(19)18-6-5-12(17)10-18)11-3-4-13-14(9-11)21-8-7-20-13/h3-4,9,12H,5-8,10,17H2,1-2H3/t12-/m1/s1. The van der Waals surface area contributed by atoms with Crippen molar-refractivity contribution in [2.75, 3.05) is 26.3 Å². The third-order valence-corrected chi connectivity index (χ3v) is 4.31. The van der Waals surface area contributed by atoms with E-state index in [1.807, 2.05) is 36.9 Å². The average Bonchev–Trinajstić information content (AvgIpc) is 2.92. The molecule has 2 aliphatic rings. The lowest BCUT2D eigenvalue weighted by Gasteiger charge is -2.30. The number of carbonyl (C=O) groups is 1. The summed E-state index contributed by atoms with van der Waals surface area (Å²) in [4.78, 5) is 14.6. The van der Waals surface area contributed by atoms with E-state index in [9.17, 15) is 4.79 Å². The van der Waals surface area contributed by atoms with Crippen molar-refractivity contribution in [3.63, 3.8) is 0 Å². The van der Waals surface area contributed by atoms with E-state index in [0.717, 1.165) is 30.0 Å². The van der Waals surface area contributed by atoms with Crippen LogP contribution in [0.1, 0.15) is 25.8 Å². The van der Waals surface area contributed by atoms with Crippen LogP contribution in [0.15, 0.2) is 18.2 Å². The van der Waals surface area contributed by atoms with Gasteiger partial charge in [0.05, 0.1) is 5.41 Å². The summed E-state index contributed by atoms with van der Waals surface area (Å²) in [6.07, 6.45) is 0.878. The second-order valence-electron chi connectivity index (χ2n) is 6.28. The number of rotatable bonds is 2. The number of carbonyl (C=O) groups excluding carboxylic acids is 1. The molecule has 1 aromatic carbocycles. The number of hydrogen-bond donors (Lipinski definition) is 1. The van der Waals surface area contributed by atoms with E-state index in [4.69, 9.17) is 15.2 Å². The molecular weight excluding hydrogens is 268 g/mol. The van der Waals surface area contributed by atoms with Crippen LogP contribution in [0.25, 0.3) is 0 Å². The smallest absolute Gasteiger partial charge is 0.232 e. The Morgan fingerprint density at radius 1 is 1.29 bits per heavy atom. The fraction of sp³-hybridized carbons (Fsp3) is 0.562. The first-order valence-electron chi connectivity index (χ1n) is 7.43. The lowest BCUT2D eigenvalue weighted by atomic mass is 9.83. The summed E-state index contributed by atoms with van der Waals surface area (Å²) in [5.41, 5.74) is 6.25. The van der Waals surface area contributed by atoms with Crippen molar-refractivity contribution in [2.45, 2.75) is 31.7 Å². The van der Waals surface area contributed by atoms with Gasteiger partial charge in [0.25, 0.3) is 0 Å². The van der Waals surface area contributed by atoms with Crippen LogP contribution < -0.4 is 15.2 Å². The molecule has 0 aromatic heterocycles. The van der Waals surface area contributed by atoms with Gasteiger partial charge < -0.3 is 20.1 Å². The van der Waals surface area contributed by atoms with E-state index < -0.39 is 5.41 Å². The van der Waals surface area contributed by atoms with E-state index >= 15 is 0 Å². The highest BCUT2D eigenvalue weighted by atomic mass is 16.6. The molecule has 2 aliphatic heterocycles. The van der Waals surface area contributed by atoms with Crippen molar-refractivity contribution in [1.82, 2.24) is 4.90 Å². The Labute approximate surface area is 125 Å². The first kappa shape index (κ1) is 14.2. The Kier molecular flexibility index (Phi) is 3.53. The van der Waals surface area contributed by atoms with Crippen molar-refractivity contribution < 1.29 is 14.3 Å². The number of amides is 1. The predicted molar refractivity (Wildman–Crippen MR) is 79.6 cm³/mol. The zero-order chi connectivity index (χ0) is 15.0. The van der Waals surface area contributed by atoms with Gasteiger partial charge in [-0.2, -0.15) is 0 Å². The van der Waals surface area contributed by atoms with Crippen LogP contribution >= 0.6 is 0 Å². The number of nitrogens with two attached hydrogens (primary N) is 1. The average molecular weight is 290 g/mol. The van der Waals surface area contributed by atoms with E-state index in [2.05, 4.69) is 0 Å². The summed E-state index contributed by atoms with van der Waals surface area (Å²) in [5, 5.41) is 0. The van der Waals surface area contributed by atoms with Gasteiger partial charge in [-0.25, -0.2) is 0 Å². The lowest BCUT2D eigenvalue weighted by molar-refractivity contribution is -0.135. The minimum absolute atomic E-state index is 0.102. The topological polar surface area (TPSA) is 64.8 Å². The van der Waals surface area contributed by atoms with E-state index in [0.29, 0.717) is 19.8 Å². The minimum atomic E-state index is -0.597. The maximum Gasteiger partial charge on any atom is 0.232 e. The number of benzene rings is 1. The molecule has 2 heterocycles. The molecule has 1 fully saturated rings. The van der Waals surface area contributed by atoms with Gasteiger partial charge in [-0.1, -0.05) is 6.07 Å². The molecule has 2 N–H and O–H groups in total. The van der Waals surface area contributed by atoms with Gasteiger partial charge >= 0.3 is 0 Å². The van der Waals surface area contributed by atoms with Crippen LogP contribution in [0.2, 0.25) is 0 Å². The largest absolute Gasteiger partial charge is 0.486 e. The van der Waals surface area contributed by atoms with Crippen molar-refractivity contribution in [2.24, 2.45) is 5.73 Å². The van der Waals surface area contributed by atoms with Gasteiger partial charge in [-0.3, -0.25) is 4.79 Å². The van der Waals surface area contributed by atoms with Gasteiger partial charge in [-0.05, 0) is 38.0 Å². The number of hydrogen-bond acceptors (Lipinski definition) is 4. The quantitative estimate of drug-likeness (QED) is 0.891. The fourth-order valence-electron chi connectivity index (χ4n) is 2.92. The zero-order valence-corrected chi connectivity index (χ0v) is 12.6. The van der Waals surface area contributed by atoms with E-state index in [1.54, 1.807) is 0 Å². The van der Waals surface area contributed by atoms with Gasteiger partial charge in [-0.15, -0.1) is 0 Å². The molecule has 0 bridgehead atoms. The summed E-state index contributed by atoms with van der Waals surface area (Å²) in [6, 6.07) is 5.85. The monoisotopic (exact) mass is 290 g/mol. The SMILES string of the molecule is CC(C)(C(=O)N1CC[C@@H](N)C1)c1ccc2c(c1)OCCO2. The Bertz CT molecular complexity index is 556. The van der Waals surface area contributed by atoms with E-state index in [-0.39, 0.29) is 11.9 Å². The molecule has 5 nitrogen and oxygen atoms in total. The summed E-state index contributed by atoms with van der Waals surface area (Å²) in [7, 11) is 0. The third-order valence-electron chi connectivity index (χ3n) is 4.31. The summed E-state index contributed by atoms with van der Waals surface area (Å²) in [6.45, 7) is 6.40. The van der Waals surface area contributed by atoms with Crippen LogP contribution in [-0.2, 0) is 10.2 Å². The van der Waals surface area contributed by atoms with Gasteiger partial charge in [0.2, 0.25) is 5.91 Å². The fourth-order valence-corrected chi connectivity index (χ4v) is 2.92. The van der Waals surface area contributed by atoms with Crippen LogP contribution in [0, 0.1) is 0 Å². The molecule has 0 unspecified atom stereocenters. The second kappa shape index (κ2) is 5.22. The molecule has 1 aromatic rings. The van der Waals surface area contributed by atoms with Crippen LogP contribution in [0.4, 0.5) is 0 Å². The highest BCUT2D eigenvalue weighted by Crippen LogP contribution is 2.36.